The standard InChI is InChI=1S/C16H18N4O4/c1-2-11-5-3-4-6-12(11)18-14(22)9-17-15(23)10-20-8-7-13(21)19-16(20)24/h3-8H,2,9-10H2,1H3,(H,17,23)(H,18,22)(H,19,21,24). The van der Waals surface area contributed by atoms with Crippen LogP contribution in [0.4, 0.5) is 5.69 Å². The first-order valence-electron chi connectivity index (χ1n) is 7.44. The molecule has 0 unspecified atom stereocenters. The Kier molecular flexibility index (Phi) is 5.67. The number of hydrogen-bond acceptors (Lipinski definition) is 4. The van der Waals surface area contributed by atoms with Crippen LogP contribution in [0.2, 0.25) is 0 Å². The molecule has 1 heterocycles. The molecule has 24 heavy (non-hydrogen) atoms. The summed E-state index contributed by atoms with van der Waals surface area (Å²) in [5.74, 6) is -0.874. The summed E-state index contributed by atoms with van der Waals surface area (Å²) in [7, 11) is 0. The Morgan fingerprint density at radius 1 is 1.12 bits per heavy atom. The van der Waals surface area contributed by atoms with Gasteiger partial charge in [0.25, 0.3) is 5.56 Å². The molecular formula is C16H18N4O4. The lowest BCUT2D eigenvalue weighted by molar-refractivity contribution is -0.124. The van der Waals surface area contributed by atoms with E-state index in [1.807, 2.05) is 30.1 Å². The third-order valence-corrected chi connectivity index (χ3v) is 3.33. The van der Waals surface area contributed by atoms with E-state index in [9.17, 15) is 19.2 Å². The lowest BCUT2D eigenvalue weighted by atomic mass is 10.1. The Hall–Kier alpha value is -3.16. The number of para-hydroxylation sites is 1. The van der Waals surface area contributed by atoms with E-state index in [4.69, 9.17) is 0 Å². The third-order valence-electron chi connectivity index (χ3n) is 3.33. The summed E-state index contributed by atoms with van der Waals surface area (Å²) in [5.41, 5.74) is 0.484. The highest BCUT2D eigenvalue weighted by molar-refractivity contribution is 5.95. The number of H-pyrrole nitrogens is 1. The lowest BCUT2D eigenvalue weighted by Crippen LogP contribution is -2.38. The smallest absolute Gasteiger partial charge is 0.328 e. The summed E-state index contributed by atoms with van der Waals surface area (Å²) in [5, 5.41) is 5.16. The van der Waals surface area contributed by atoms with Gasteiger partial charge in [0.15, 0.2) is 0 Å². The molecular weight excluding hydrogens is 312 g/mol. The molecule has 0 radical (unpaired) electrons. The van der Waals surface area contributed by atoms with Crippen LogP contribution in [-0.4, -0.2) is 27.9 Å². The minimum atomic E-state index is -0.682. The van der Waals surface area contributed by atoms with Crippen molar-refractivity contribution in [3.8, 4) is 0 Å². The number of benzene rings is 1. The maximum atomic E-state index is 11.9. The van der Waals surface area contributed by atoms with Crippen LogP contribution in [0.5, 0.6) is 0 Å². The van der Waals surface area contributed by atoms with E-state index in [-0.39, 0.29) is 19.0 Å². The van der Waals surface area contributed by atoms with E-state index in [0.717, 1.165) is 22.6 Å². The van der Waals surface area contributed by atoms with E-state index >= 15 is 0 Å². The van der Waals surface area contributed by atoms with Crippen LogP contribution >= 0.6 is 0 Å². The number of aryl methyl sites for hydroxylation is 1. The maximum Gasteiger partial charge on any atom is 0.328 e. The van der Waals surface area contributed by atoms with E-state index in [0.29, 0.717) is 5.69 Å². The van der Waals surface area contributed by atoms with Crippen LogP contribution in [0.3, 0.4) is 0 Å². The van der Waals surface area contributed by atoms with Crippen LogP contribution in [-0.2, 0) is 22.6 Å². The zero-order valence-corrected chi connectivity index (χ0v) is 13.2. The second-order valence-corrected chi connectivity index (χ2v) is 5.07. The van der Waals surface area contributed by atoms with Gasteiger partial charge in [-0.1, -0.05) is 25.1 Å². The average molecular weight is 330 g/mol. The van der Waals surface area contributed by atoms with Crippen LogP contribution in [0.25, 0.3) is 0 Å². The fourth-order valence-corrected chi connectivity index (χ4v) is 2.10. The topological polar surface area (TPSA) is 113 Å². The van der Waals surface area contributed by atoms with Crippen molar-refractivity contribution in [1.29, 1.82) is 0 Å². The van der Waals surface area contributed by atoms with Crippen molar-refractivity contribution in [1.82, 2.24) is 14.9 Å². The molecule has 2 amide bonds. The number of carbonyl (C=O) groups excluding carboxylic acids is 2. The van der Waals surface area contributed by atoms with Gasteiger partial charge in [0.2, 0.25) is 11.8 Å². The molecule has 0 saturated carbocycles. The van der Waals surface area contributed by atoms with Gasteiger partial charge in [0.05, 0.1) is 6.54 Å². The van der Waals surface area contributed by atoms with Crippen LogP contribution in [0.15, 0.2) is 46.1 Å². The first-order valence-corrected chi connectivity index (χ1v) is 7.44. The number of aromatic nitrogens is 2. The fourth-order valence-electron chi connectivity index (χ4n) is 2.10. The van der Waals surface area contributed by atoms with Crippen molar-refractivity contribution in [3.63, 3.8) is 0 Å². The number of anilines is 1. The number of amides is 2. The Morgan fingerprint density at radius 3 is 2.58 bits per heavy atom. The molecule has 3 N–H and O–H groups in total. The first kappa shape index (κ1) is 17.2. The van der Waals surface area contributed by atoms with Gasteiger partial charge in [-0.25, -0.2) is 4.79 Å². The number of hydrogen-bond donors (Lipinski definition) is 3. The van der Waals surface area contributed by atoms with Crippen molar-refractivity contribution >= 4 is 17.5 Å². The van der Waals surface area contributed by atoms with Gasteiger partial charge in [0.1, 0.15) is 6.54 Å². The number of nitrogens with one attached hydrogen (secondary N) is 3. The Balaban J connectivity index is 1.88. The van der Waals surface area contributed by atoms with Gasteiger partial charge in [0, 0.05) is 18.0 Å². The normalized spacial score (nSPS) is 10.2. The molecule has 2 aromatic rings. The molecule has 0 aliphatic heterocycles. The van der Waals surface area contributed by atoms with Gasteiger partial charge in [-0.15, -0.1) is 0 Å². The predicted octanol–water partition coefficient (Wildman–Crippen LogP) is -0.146. The van der Waals surface area contributed by atoms with Crippen LogP contribution in [0, 0.1) is 0 Å². The first-order chi connectivity index (χ1) is 11.5. The predicted molar refractivity (Wildman–Crippen MR) is 88.8 cm³/mol. The van der Waals surface area contributed by atoms with Crippen molar-refractivity contribution < 1.29 is 9.59 Å². The van der Waals surface area contributed by atoms with Crippen LogP contribution in [0.1, 0.15) is 12.5 Å². The van der Waals surface area contributed by atoms with Crippen molar-refractivity contribution in [3.05, 3.63) is 62.9 Å². The molecule has 1 aromatic heterocycles. The Bertz CT molecular complexity index is 853. The highest BCUT2D eigenvalue weighted by Crippen LogP contribution is 2.14. The lowest BCUT2D eigenvalue weighted by Gasteiger charge is -2.10. The number of nitrogens with zero attached hydrogens (tertiary/aromatic N) is 1. The van der Waals surface area contributed by atoms with Gasteiger partial charge in [-0.05, 0) is 18.1 Å². The number of carbonyl (C=O) groups is 2. The van der Waals surface area contributed by atoms with Gasteiger partial charge < -0.3 is 10.6 Å². The monoisotopic (exact) mass is 330 g/mol. The quantitative estimate of drug-likeness (QED) is 0.684. The molecule has 0 aliphatic carbocycles. The molecule has 8 nitrogen and oxygen atoms in total. The number of aromatic amines is 1. The molecule has 126 valence electrons. The summed E-state index contributed by atoms with van der Waals surface area (Å²) in [4.78, 5) is 48.2. The van der Waals surface area contributed by atoms with Crippen molar-refractivity contribution in [2.45, 2.75) is 19.9 Å². The second kappa shape index (κ2) is 7.91. The molecule has 0 spiro atoms. The third kappa shape index (κ3) is 4.67. The van der Waals surface area contributed by atoms with Crippen LogP contribution < -0.4 is 21.9 Å². The van der Waals surface area contributed by atoms with Gasteiger partial charge in [-0.3, -0.25) is 23.9 Å². The zero-order chi connectivity index (χ0) is 17.5. The van der Waals surface area contributed by atoms with E-state index in [2.05, 4.69) is 10.6 Å². The number of rotatable bonds is 6. The minimum Gasteiger partial charge on any atom is -0.345 e. The molecule has 0 fully saturated rings. The molecule has 1 aromatic carbocycles. The van der Waals surface area contributed by atoms with Crippen molar-refractivity contribution in [2.75, 3.05) is 11.9 Å². The molecule has 0 atom stereocenters. The van der Waals surface area contributed by atoms with E-state index in [1.165, 1.54) is 6.20 Å². The summed E-state index contributed by atoms with van der Waals surface area (Å²) in [6.45, 7) is 1.48. The second-order valence-electron chi connectivity index (χ2n) is 5.07. The van der Waals surface area contributed by atoms with E-state index < -0.39 is 17.2 Å². The van der Waals surface area contributed by atoms with E-state index in [1.54, 1.807) is 6.07 Å². The molecule has 2 rings (SSSR count). The Labute approximate surface area is 137 Å². The van der Waals surface area contributed by atoms with Gasteiger partial charge in [-0.2, -0.15) is 0 Å². The summed E-state index contributed by atoms with van der Waals surface area (Å²) in [6.07, 6.45) is 2.00. The SMILES string of the molecule is CCc1ccccc1NC(=O)CNC(=O)Cn1ccc(=O)[nH]c1=O. The molecule has 0 aliphatic rings. The Morgan fingerprint density at radius 2 is 1.88 bits per heavy atom. The highest BCUT2D eigenvalue weighted by atomic mass is 16.2. The molecule has 0 bridgehead atoms. The highest BCUT2D eigenvalue weighted by Gasteiger charge is 2.09. The average Bonchev–Trinajstić information content (AvgIpc) is 2.56. The summed E-state index contributed by atoms with van der Waals surface area (Å²) < 4.78 is 1.04. The minimum absolute atomic E-state index is 0.213. The summed E-state index contributed by atoms with van der Waals surface area (Å²) >= 11 is 0. The molecule has 0 saturated heterocycles. The van der Waals surface area contributed by atoms with Gasteiger partial charge >= 0.3 is 5.69 Å². The summed E-state index contributed by atoms with van der Waals surface area (Å²) in [6, 6.07) is 8.55. The zero-order valence-electron chi connectivity index (χ0n) is 13.2. The fraction of sp³-hybridized carbons (Fsp3) is 0.250. The molecule has 8 heteroatoms. The largest absolute Gasteiger partial charge is 0.345 e. The maximum absolute atomic E-state index is 11.9. The van der Waals surface area contributed by atoms with Crippen molar-refractivity contribution in [2.24, 2.45) is 0 Å².